The topological polar surface area (TPSA) is 76.1 Å². The minimum absolute atomic E-state index is 0.219. The fourth-order valence-electron chi connectivity index (χ4n) is 2.72. The van der Waals surface area contributed by atoms with Crippen LogP contribution in [0.15, 0.2) is 60.9 Å². The van der Waals surface area contributed by atoms with Crippen LogP contribution in [0.1, 0.15) is 27.2 Å². The number of amides is 1. The first-order valence-electron chi connectivity index (χ1n) is 9.16. The molecule has 144 valence electrons. The van der Waals surface area contributed by atoms with Gasteiger partial charge in [0.2, 0.25) is 0 Å². The van der Waals surface area contributed by atoms with Crippen LogP contribution in [-0.2, 0) is 13.0 Å². The molecule has 0 aliphatic carbocycles. The molecule has 0 saturated carbocycles. The van der Waals surface area contributed by atoms with Crippen LogP contribution in [0.3, 0.4) is 0 Å². The summed E-state index contributed by atoms with van der Waals surface area (Å²) < 4.78 is 5.21. The van der Waals surface area contributed by atoms with Crippen LogP contribution in [0.2, 0.25) is 0 Å². The van der Waals surface area contributed by atoms with Gasteiger partial charge in [0.25, 0.3) is 5.91 Å². The molecule has 0 fully saturated rings. The third-order valence-electron chi connectivity index (χ3n) is 4.33. The monoisotopic (exact) mass is 376 g/mol. The van der Waals surface area contributed by atoms with Gasteiger partial charge in [-0.2, -0.15) is 0 Å². The van der Waals surface area contributed by atoms with E-state index in [2.05, 4.69) is 51.8 Å². The molecule has 0 bridgehead atoms. The van der Waals surface area contributed by atoms with Crippen LogP contribution in [0, 0.1) is 6.92 Å². The highest BCUT2D eigenvalue weighted by Gasteiger charge is 2.08. The maximum atomic E-state index is 12.4. The number of carbonyl (C=O) groups is 1. The molecule has 1 aromatic heterocycles. The summed E-state index contributed by atoms with van der Waals surface area (Å²) in [6.45, 7) is 3.21. The van der Waals surface area contributed by atoms with Crippen molar-refractivity contribution in [3.8, 4) is 5.75 Å². The predicted octanol–water partition coefficient (Wildman–Crippen LogP) is 3.38. The molecule has 2 N–H and O–H groups in total. The molecule has 3 aromatic rings. The molecule has 1 heterocycles. The number of nitrogens with one attached hydrogen (secondary N) is 2. The molecule has 0 aliphatic heterocycles. The molecule has 28 heavy (non-hydrogen) atoms. The van der Waals surface area contributed by atoms with E-state index >= 15 is 0 Å². The van der Waals surface area contributed by atoms with Gasteiger partial charge in [-0.1, -0.05) is 42.0 Å². The molecule has 0 atom stereocenters. The summed E-state index contributed by atoms with van der Waals surface area (Å²) in [7, 11) is 1.64. The van der Waals surface area contributed by atoms with E-state index in [0.29, 0.717) is 31.0 Å². The summed E-state index contributed by atoms with van der Waals surface area (Å²) in [5.41, 5.74) is 3.81. The number of nitrogens with zero attached hydrogens (tertiary/aromatic N) is 2. The van der Waals surface area contributed by atoms with Crippen molar-refractivity contribution >= 4 is 11.7 Å². The van der Waals surface area contributed by atoms with Gasteiger partial charge in [-0.25, -0.2) is 9.97 Å². The highest BCUT2D eigenvalue weighted by Crippen LogP contribution is 2.13. The Labute approximate surface area is 165 Å². The number of hydrogen-bond acceptors (Lipinski definition) is 5. The van der Waals surface area contributed by atoms with Gasteiger partial charge in [-0.15, -0.1) is 0 Å². The minimum atomic E-state index is -0.219. The van der Waals surface area contributed by atoms with Crippen LogP contribution in [0.25, 0.3) is 0 Å². The lowest BCUT2D eigenvalue weighted by molar-refractivity contribution is 0.0949. The zero-order valence-electron chi connectivity index (χ0n) is 16.1. The average molecular weight is 376 g/mol. The number of carbonyl (C=O) groups excluding carboxylic acids is 1. The van der Waals surface area contributed by atoms with E-state index in [0.717, 1.165) is 16.9 Å². The van der Waals surface area contributed by atoms with Gasteiger partial charge in [0.1, 0.15) is 23.6 Å². The fourth-order valence-corrected chi connectivity index (χ4v) is 2.72. The van der Waals surface area contributed by atoms with Crippen LogP contribution in [0.4, 0.5) is 5.82 Å². The van der Waals surface area contributed by atoms with Gasteiger partial charge >= 0.3 is 0 Å². The maximum absolute atomic E-state index is 12.4. The number of hydrogen-bond donors (Lipinski definition) is 2. The normalized spacial score (nSPS) is 10.4. The fraction of sp³-hybridized carbons (Fsp3) is 0.227. The van der Waals surface area contributed by atoms with Crippen molar-refractivity contribution in [2.75, 3.05) is 19.0 Å². The third-order valence-corrected chi connectivity index (χ3v) is 4.33. The SMILES string of the molecule is COc1cccc(CCNC(=O)c2cc(NCc3ccc(C)cc3)ncn2)c1. The molecule has 0 aliphatic rings. The smallest absolute Gasteiger partial charge is 0.270 e. The Bertz CT molecular complexity index is 926. The van der Waals surface area contributed by atoms with E-state index in [1.54, 1.807) is 13.2 Å². The average Bonchev–Trinajstić information content (AvgIpc) is 2.73. The molecule has 1 amide bonds. The van der Waals surface area contributed by atoms with E-state index in [9.17, 15) is 4.79 Å². The van der Waals surface area contributed by atoms with E-state index < -0.39 is 0 Å². The Morgan fingerprint density at radius 2 is 1.86 bits per heavy atom. The van der Waals surface area contributed by atoms with Crippen molar-refractivity contribution < 1.29 is 9.53 Å². The van der Waals surface area contributed by atoms with Crippen molar-refractivity contribution in [1.29, 1.82) is 0 Å². The van der Waals surface area contributed by atoms with Crippen LogP contribution in [0.5, 0.6) is 5.75 Å². The van der Waals surface area contributed by atoms with Crippen molar-refractivity contribution in [3.63, 3.8) is 0 Å². The second-order valence-corrected chi connectivity index (χ2v) is 6.49. The third kappa shape index (κ3) is 5.54. The summed E-state index contributed by atoms with van der Waals surface area (Å²) in [4.78, 5) is 20.6. The zero-order chi connectivity index (χ0) is 19.8. The lowest BCUT2D eigenvalue weighted by Crippen LogP contribution is -2.26. The van der Waals surface area contributed by atoms with E-state index in [-0.39, 0.29) is 5.91 Å². The zero-order valence-corrected chi connectivity index (χ0v) is 16.1. The minimum Gasteiger partial charge on any atom is -0.497 e. The molecular weight excluding hydrogens is 352 g/mol. The van der Waals surface area contributed by atoms with Gasteiger partial charge in [0.15, 0.2) is 0 Å². The summed E-state index contributed by atoms with van der Waals surface area (Å²) in [5, 5.41) is 6.12. The van der Waals surface area contributed by atoms with Gasteiger partial charge in [0.05, 0.1) is 7.11 Å². The molecule has 0 unspecified atom stereocenters. The van der Waals surface area contributed by atoms with Crippen LogP contribution in [-0.4, -0.2) is 29.5 Å². The predicted molar refractivity (Wildman–Crippen MR) is 110 cm³/mol. The van der Waals surface area contributed by atoms with Gasteiger partial charge in [-0.05, 0) is 36.6 Å². The van der Waals surface area contributed by atoms with Crippen LogP contribution < -0.4 is 15.4 Å². The quantitative estimate of drug-likeness (QED) is 0.630. The van der Waals surface area contributed by atoms with Gasteiger partial charge in [-0.3, -0.25) is 4.79 Å². The first-order chi connectivity index (χ1) is 13.6. The van der Waals surface area contributed by atoms with E-state index in [1.165, 1.54) is 11.9 Å². The van der Waals surface area contributed by atoms with Crippen molar-refractivity contribution in [3.05, 3.63) is 83.3 Å². The number of aryl methyl sites for hydroxylation is 1. The second-order valence-electron chi connectivity index (χ2n) is 6.49. The molecule has 0 spiro atoms. The molecule has 6 nitrogen and oxygen atoms in total. The molecule has 0 radical (unpaired) electrons. The summed E-state index contributed by atoms with van der Waals surface area (Å²) in [6.07, 6.45) is 2.11. The lowest BCUT2D eigenvalue weighted by Gasteiger charge is -2.08. The summed E-state index contributed by atoms with van der Waals surface area (Å²) in [6, 6.07) is 17.7. The Morgan fingerprint density at radius 3 is 2.64 bits per heavy atom. The Morgan fingerprint density at radius 1 is 1.04 bits per heavy atom. The maximum Gasteiger partial charge on any atom is 0.270 e. The molecular formula is C22H24N4O2. The molecule has 0 saturated heterocycles. The number of methoxy groups -OCH3 is 1. The van der Waals surface area contributed by atoms with Crippen molar-refractivity contribution in [2.24, 2.45) is 0 Å². The van der Waals surface area contributed by atoms with Gasteiger partial charge in [0, 0.05) is 19.2 Å². The standard InChI is InChI=1S/C22H24N4O2/c1-16-6-8-18(9-7-16)14-24-21-13-20(25-15-26-21)22(27)23-11-10-17-4-3-5-19(12-17)28-2/h3-9,12-13,15H,10-11,14H2,1-2H3,(H,23,27)(H,24,25,26). The largest absolute Gasteiger partial charge is 0.497 e. The number of ether oxygens (including phenoxy) is 1. The Balaban J connectivity index is 1.52. The van der Waals surface area contributed by atoms with Crippen molar-refractivity contribution in [2.45, 2.75) is 19.9 Å². The van der Waals surface area contributed by atoms with E-state index in [4.69, 9.17) is 4.74 Å². The van der Waals surface area contributed by atoms with Crippen LogP contribution >= 0.6 is 0 Å². The number of rotatable bonds is 8. The molecule has 2 aromatic carbocycles. The number of benzene rings is 2. The molecule has 6 heteroatoms. The lowest BCUT2D eigenvalue weighted by atomic mass is 10.1. The summed E-state index contributed by atoms with van der Waals surface area (Å²) >= 11 is 0. The Kier molecular flexibility index (Phi) is 6.57. The van der Waals surface area contributed by atoms with Crippen molar-refractivity contribution in [1.82, 2.24) is 15.3 Å². The Hall–Kier alpha value is -3.41. The molecule has 3 rings (SSSR count). The second kappa shape index (κ2) is 9.50. The van der Waals surface area contributed by atoms with Gasteiger partial charge < -0.3 is 15.4 Å². The highest BCUT2D eigenvalue weighted by atomic mass is 16.5. The number of aromatic nitrogens is 2. The van der Waals surface area contributed by atoms with E-state index in [1.807, 2.05) is 24.3 Å². The number of anilines is 1. The first kappa shape index (κ1) is 19.4. The summed E-state index contributed by atoms with van der Waals surface area (Å²) in [5.74, 6) is 1.21. The highest BCUT2D eigenvalue weighted by molar-refractivity contribution is 5.92. The first-order valence-corrected chi connectivity index (χ1v) is 9.16.